The van der Waals surface area contributed by atoms with Crippen LogP contribution in [-0.4, -0.2) is 35.4 Å². The van der Waals surface area contributed by atoms with Gasteiger partial charge in [0.25, 0.3) is 0 Å². The van der Waals surface area contributed by atoms with Crippen molar-refractivity contribution in [2.24, 2.45) is 4.99 Å². The number of thioether (sulfide) groups is 1. The lowest BCUT2D eigenvalue weighted by Gasteiger charge is -2.10. The second-order valence-electron chi connectivity index (χ2n) is 4.25. The van der Waals surface area contributed by atoms with Gasteiger partial charge in [-0.05, 0) is 19.1 Å². The maximum atomic E-state index is 5.03. The van der Waals surface area contributed by atoms with E-state index in [1.54, 1.807) is 25.7 Å². The first-order valence-electron chi connectivity index (χ1n) is 6.69. The van der Waals surface area contributed by atoms with Crippen LogP contribution in [0.4, 0.5) is 0 Å². The second-order valence-corrected chi connectivity index (χ2v) is 5.42. The summed E-state index contributed by atoms with van der Waals surface area (Å²) in [5.41, 5.74) is 0. The minimum absolute atomic E-state index is 0.465. The number of hydrogen-bond donors (Lipinski definition) is 2. The zero-order valence-electron chi connectivity index (χ0n) is 12.2. The van der Waals surface area contributed by atoms with Crippen molar-refractivity contribution in [3.8, 4) is 0 Å². The van der Waals surface area contributed by atoms with Crippen molar-refractivity contribution >= 4 is 17.7 Å². The molecule has 0 saturated heterocycles. The Bertz CT molecular complexity index is 570. The van der Waals surface area contributed by atoms with E-state index in [0.29, 0.717) is 18.3 Å². The Morgan fingerprint density at radius 2 is 2.10 bits per heavy atom. The summed E-state index contributed by atoms with van der Waals surface area (Å²) in [6.07, 6.45) is 0. The van der Waals surface area contributed by atoms with Crippen LogP contribution in [0.3, 0.4) is 0 Å². The molecule has 0 aliphatic rings. The molecular formula is C14H19N5OS. The molecule has 112 valence electrons. The number of hydrogen-bond acceptors (Lipinski definition) is 5. The number of guanidine groups is 1. The van der Waals surface area contributed by atoms with E-state index in [0.717, 1.165) is 18.3 Å². The minimum atomic E-state index is 0.465. The Kier molecular flexibility index (Phi) is 6.08. The van der Waals surface area contributed by atoms with Gasteiger partial charge >= 0.3 is 0 Å². The highest BCUT2D eigenvalue weighted by Gasteiger charge is 2.03. The van der Waals surface area contributed by atoms with Crippen LogP contribution in [0, 0.1) is 6.92 Å². The molecule has 7 heteroatoms. The molecule has 1 aromatic carbocycles. The molecule has 0 spiro atoms. The number of aromatic nitrogens is 2. The van der Waals surface area contributed by atoms with Gasteiger partial charge in [-0.3, -0.25) is 4.99 Å². The lowest BCUT2D eigenvalue weighted by atomic mass is 10.4. The standard InChI is InChI=1S/C14H19N5OS/c1-11-18-13(20-19-11)10-17-14(15-2)16-8-9-21-12-6-4-3-5-7-12/h3-7H,8-10H2,1-2H3,(H2,15,16,17). The highest BCUT2D eigenvalue weighted by atomic mass is 32.2. The summed E-state index contributed by atoms with van der Waals surface area (Å²) in [5.74, 6) is 2.87. The van der Waals surface area contributed by atoms with Crippen LogP contribution in [-0.2, 0) is 6.54 Å². The lowest BCUT2D eigenvalue weighted by molar-refractivity contribution is 0.371. The predicted octanol–water partition coefficient (Wildman–Crippen LogP) is 1.84. The van der Waals surface area contributed by atoms with Gasteiger partial charge in [-0.1, -0.05) is 23.4 Å². The van der Waals surface area contributed by atoms with Crippen LogP contribution in [0.2, 0.25) is 0 Å². The number of aryl methyl sites for hydroxylation is 1. The van der Waals surface area contributed by atoms with E-state index < -0.39 is 0 Å². The minimum Gasteiger partial charge on any atom is -0.356 e. The highest BCUT2D eigenvalue weighted by Crippen LogP contribution is 2.15. The van der Waals surface area contributed by atoms with Crippen molar-refractivity contribution in [1.82, 2.24) is 20.8 Å². The molecule has 0 aliphatic carbocycles. The van der Waals surface area contributed by atoms with Gasteiger partial charge in [0.2, 0.25) is 5.89 Å². The molecule has 6 nitrogen and oxygen atoms in total. The molecule has 0 amide bonds. The first-order valence-corrected chi connectivity index (χ1v) is 7.68. The first-order chi connectivity index (χ1) is 10.3. The van der Waals surface area contributed by atoms with Crippen LogP contribution in [0.1, 0.15) is 11.7 Å². The molecule has 0 bridgehead atoms. The van der Waals surface area contributed by atoms with Crippen molar-refractivity contribution in [2.45, 2.75) is 18.4 Å². The molecule has 0 radical (unpaired) electrons. The molecule has 2 aromatic rings. The van der Waals surface area contributed by atoms with Crippen LogP contribution >= 0.6 is 11.8 Å². The SMILES string of the molecule is CN=C(NCCSc1ccccc1)NCc1nc(C)no1. The average molecular weight is 305 g/mol. The molecule has 0 atom stereocenters. The van der Waals surface area contributed by atoms with Crippen molar-refractivity contribution in [2.75, 3.05) is 19.3 Å². The van der Waals surface area contributed by atoms with E-state index in [1.807, 2.05) is 18.2 Å². The van der Waals surface area contributed by atoms with Crippen molar-refractivity contribution in [3.05, 3.63) is 42.0 Å². The lowest BCUT2D eigenvalue weighted by Crippen LogP contribution is -2.38. The average Bonchev–Trinajstić information content (AvgIpc) is 2.93. The van der Waals surface area contributed by atoms with Crippen molar-refractivity contribution < 1.29 is 4.52 Å². The third-order valence-corrected chi connectivity index (χ3v) is 3.62. The van der Waals surface area contributed by atoms with E-state index in [9.17, 15) is 0 Å². The summed E-state index contributed by atoms with van der Waals surface area (Å²) in [6.45, 7) is 3.08. The fourth-order valence-electron chi connectivity index (χ4n) is 1.65. The third kappa shape index (κ3) is 5.47. The maximum Gasteiger partial charge on any atom is 0.246 e. The zero-order chi connectivity index (χ0) is 14.9. The van der Waals surface area contributed by atoms with Gasteiger partial charge in [0.05, 0.1) is 6.54 Å². The number of nitrogens with zero attached hydrogens (tertiary/aromatic N) is 3. The fraction of sp³-hybridized carbons (Fsp3) is 0.357. The number of rotatable bonds is 6. The monoisotopic (exact) mass is 305 g/mol. The first kappa shape index (κ1) is 15.4. The van der Waals surface area contributed by atoms with Gasteiger partial charge in [0, 0.05) is 24.2 Å². The quantitative estimate of drug-likeness (QED) is 0.367. The predicted molar refractivity (Wildman–Crippen MR) is 84.4 cm³/mol. The van der Waals surface area contributed by atoms with Gasteiger partial charge < -0.3 is 15.2 Å². The van der Waals surface area contributed by atoms with Crippen LogP contribution < -0.4 is 10.6 Å². The highest BCUT2D eigenvalue weighted by molar-refractivity contribution is 7.99. The summed E-state index contributed by atoms with van der Waals surface area (Å²) in [7, 11) is 1.73. The van der Waals surface area contributed by atoms with Crippen molar-refractivity contribution in [3.63, 3.8) is 0 Å². The molecule has 0 saturated carbocycles. The Labute approximate surface area is 128 Å². The van der Waals surface area contributed by atoms with Gasteiger partial charge in [0.1, 0.15) is 0 Å². The summed E-state index contributed by atoms with van der Waals surface area (Å²) in [6, 6.07) is 10.3. The van der Waals surface area contributed by atoms with Crippen LogP contribution in [0.15, 0.2) is 44.7 Å². The van der Waals surface area contributed by atoms with Gasteiger partial charge in [-0.15, -0.1) is 11.8 Å². The number of benzene rings is 1. The van der Waals surface area contributed by atoms with Gasteiger partial charge in [-0.25, -0.2) is 0 Å². The third-order valence-electron chi connectivity index (χ3n) is 2.61. The summed E-state index contributed by atoms with van der Waals surface area (Å²) < 4.78 is 5.03. The molecule has 1 aromatic heterocycles. The van der Waals surface area contributed by atoms with E-state index >= 15 is 0 Å². The number of nitrogens with one attached hydrogen (secondary N) is 2. The second kappa shape index (κ2) is 8.31. The van der Waals surface area contributed by atoms with E-state index in [4.69, 9.17) is 4.52 Å². The van der Waals surface area contributed by atoms with Gasteiger partial charge in [-0.2, -0.15) is 4.98 Å². The Hall–Kier alpha value is -2.02. The normalized spacial score (nSPS) is 11.4. The molecule has 2 rings (SSSR count). The topological polar surface area (TPSA) is 75.3 Å². The molecule has 21 heavy (non-hydrogen) atoms. The summed E-state index contributed by atoms with van der Waals surface area (Å²) in [5, 5.41) is 10.1. The Morgan fingerprint density at radius 1 is 1.29 bits per heavy atom. The zero-order valence-corrected chi connectivity index (χ0v) is 13.0. The number of aliphatic imine (C=N–C) groups is 1. The summed E-state index contributed by atoms with van der Waals surface area (Å²) in [4.78, 5) is 9.54. The van der Waals surface area contributed by atoms with E-state index in [-0.39, 0.29) is 0 Å². The molecule has 0 fully saturated rings. The Morgan fingerprint density at radius 3 is 2.76 bits per heavy atom. The molecule has 0 aliphatic heterocycles. The van der Waals surface area contributed by atoms with Crippen molar-refractivity contribution in [1.29, 1.82) is 0 Å². The smallest absolute Gasteiger partial charge is 0.246 e. The molecule has 1 heterocycles. The maximum absolute atomic E-state index is 5.03. The molecule has 2 N–H and O–H groups in total. The largest absolute Gasteiger partial charge is 0.356 e. The van der Waals surface area contributed by atoms with E-state index in [1.165, 1.54) is 4.90 Å². The molecule has 0 unspecified atom stereocenters. The molecular weight excluding hydrogens is 286 g/mol. The van der Waals surface area contributed by atoms with E-state index in [2.05, 4.69) is 37.9 Å². The summed E-state index contributed by atoms with van der Waals surface area (Å²) >= 11 is 1.80. The Balaban J connectivity index is 1.66. The van der Waals surface area contributed by atoms with Crippen LogP contribution in [0.25, 0.3) is 0 Å². The van der Waals surface area contributed by atoms with Gasteiger partial charge in [0.15, 0.2) is 11.8 Å². The fourth-order valence-corrected chi connectivity index (χ4v) is 2.44. The van der Waals surface area contributed by atoms with Crippen LogP contribution in [0.5, 0.6) is 0 Å².